The van der Waals surface area contributed by atoms with E-state index in [1.54, 1.807) is 19.1 Å². The molecule has 2 amide bonds. The second-order valence-corrected chi connectivity index (χ2v) is 13.0. The summed E-state index contributed by atoms with van der Waals surface area (Å²) in [6.45, 7) is 1.40. The topological polar surface area (TPSA) is 86.8 Å². The first-order valence-electron chi connectivity index (χ1n) is 13.4. The first-order valence-corrected chi connectivity index (χ1v) is 16.0. The second-order valence-electron chi connectivity index (χ2n) is 10.3. The molecule has 2 aromatic carbocycles. The maximum atomic E-state index is 13.5. The van der Waals surface area contributed by atoms with Crippen LogP contribution in [0.5, 0.6) is 0 Å². The number of benzene rings is 2. The smallest absolute Gasteiger partial charge is 0.352 e. The van der Waals surface area contributed by atoms with Crippen molar-refractivity contribution < 1.29 is 31.2 Å². The number of nitrogens with zero attached hydrogens (tertiary/aromatic N) is 2. The van der Waals surface area contributed by atoms with Gasteiger partial charge in [-0.1, -0.05) is 54.6 Å². The van der Waals surface area contributed by atoms with Crippen LogP contribution in [0, 0.1) is 0 Å². The minimum atomic E-state index is -4.65. The fourth-order valence-electron chi connectivity index (χ4n) is 4.83. The molecule has 41 heavy (non-hydrogen) atoms. The third-order valence-electron chi connectivity index (χ3n) is 7.09. The van der Waals surface area contributed by atoms with Crippen LogP contribution in [-0.2, 0) is 32.3 Å². The van der Waals surface area contributed by atoms with E-state index in [1.165, 1.54) is 17.0 Å². The zero-order valence-corrected chi connectivity index (χ0v) is 25.2. The molecule has 3 rings (SSSR count). The number of rotatable bonds is 11. The number of amides is 2. The molecular weight excluding hydrogens is 602 g/mol. The summed E-state index contributed by atoms with van der Waals surface area (Å²) in [6, 6.07) is 8.01. The molecule has 0 bridgehead atoms. The molecule has 13 heteroatoms. The highest BCUT2D eigenvalue weighted by atomic mass is 35.5. The van der Waals surface area contributed by atoms with Crippen LogP contribution in [0.15, 0.2) is 42.5 Å². The van der Waals surface area contributed by atoms with Crippen LogP contribution >= 0.6 is 23.2 Å². The predicted molar refractivity (Wildman–Crippen MR) is 154 cm³/mol. The van der Waals surface area contributed by atoms with Crippen molar-refractivity contribution in [3.63, 3.8) is 0 Å². The zero-order chi connectivity index (χ0) is 30.4. The molecule has 1 atom stereocenters. The molecule has 0 spiro atoms. The van der Waals surface area contributed by atoms with E-state index in [1.807, 2.05) is 0 Å². The van der Waals surface area contributed by atoms with Crippen molar-refractivity contribution in [3.05, 3.63) is 63.6 Å². The fourth-order valence-corrected chi connectivity index (χ4v) is 6.25. The van der Waals surface area contributed by atoms with Gasteiger partial charge in [-0.05, 0) is 62.1 Å². The summed E-state index contributed by atoms with van der Waals surface area (Å²) >= 11 is 12.4. The molecule has 0 radical (unpaired) electrons. The molecule has 2 aromatic rings. The number of carbonyl (C=O) groups is 2. The molecule has 226 valence electrons. The lowest BCUT2D eigenvalue weighted by molar-refractivity contribution is -0.141. The number of anilines is 1. The quantitative estimate of drug-likeness (QED) is 0.308. The number of sulfonamides is 1. The molecular formula is C28H34Cl2F3N3O4S. The summed E-state index contributed by atoms with van der Waals surface area (Å²) in [6.07, 6.45) is 0.983. The summed E-state index contributed by atoms with van der Waals surface area (Å²) in [4.78, 5) is 28.0. The highest BCUT2D eigenvalue weighted by Gasteiger charge is 2.32. The van der Waals surface area contributed by atoms with Crippen LogP contribution in [0.2, 0.25) is 10.0 Å². The van der Waals surface area contributed by atoms with E-state index >= 15 is 0 Å². The summed E-state index contributed by atoms with van der Waals surface area (Å²) in [7, 11) is -3.96. The van der Waals surface area contributed by atoms with Gasteiger partial charge in [0, 0.05) is 35.6 Å². The molecule has 1 aliphatic carbocycles. The lowest BCUT2D eigenvalue weighted by atomic mass is 9.95. The SMILES string of the molecule is C[C@H](C(=O)NC1CCCCC1)N(Cc1ccc(Cl)cc1Cl)C(=O)CCCN(c1cccc(C(F)(F)F)c1)S(C)(=O)=O. The van der Waals surface area contributed by atoms with Crippen molar-refractivity contribution in [2.75, 3.05) is 17.1 Å². The number of alkyl halides is 3. The van der Waals surface area contributed by atoms with Crippen molar-refractivity contribution in [3.8, 4) is 0 Å². The lowest BCUT2D eigenvalue weighted by Crippen LogP contribution is -2.50. The van der Waals surface area contributed by atoms with E-state index in [0.717, 1.165) is 60.9 Å². The van der Waals surface area contributed by atoms with E-state index in [0.29, 0.717) is 15.6 Å². The van der Waals surface area contributed by atoms with Gasteiger partial charge in [0.2, 0.25) is 21.8 Å². The number of halogens is 5. The minimum absolute atomic E-state index is 0.00393. The number of hydrogen-bond acceptors (Lipinski definition) is 4. The van der Waals surface area contributed by atoms with E-state index in [9.17, 15) is 31.2 Å². The Balaban J connectivity index is 1.77. The Hall–Kier alpha value is -2.50. The van der Waals surface area contributed by atoms with Gasteiger partial charge < -0.3 is 10.2 Å². The van der Waals surface area contributed by atoms with Crippen LogP contribution in [0.25, 0.3) is 0 Å². The number of carbonyl (C=O) groups excluding carboxylic acids is 2. The highest BCUT2D eigenvalue weighted by molar-refractivity contribution is 7.92. The third kappa shape index (κ3) is 9.51. The third-order valence-corrected chi connectivity index (χ3v) is 8.87. The summed E-state index contributed by atoms with van der Waals surface area (Å²) in [5.41, 5.74) is -0.563. The zero-order valence-electron chi connectivity index (χ0n) is 22.9. The van der Waals surface area contributed by atoms with Crippen molar-refractivity contribution in [2.24, 2.45) is 0 Å². The summed E-state index contributed by atoms with van der Waals surface area (Å²) in [5.74, 6) is -0.739. The highest BCUT2D eigenvalue weighted by Crippen LogP contribution is 2.32. The second kappa shape index (κ2) is 14.1. The van der Waals surface area contributed by atoms with Gasteiger partial charge >= 0.3 is 6.18 Å². The van der Waals surface area contributed by atoms with Crippen LogP contribution in [0.3, 0.4) is 0 Å². The van der Waals surface area contributed by atoms with Crippen LogP contribution in [0.4, 0.5) is 18.9 Å². The van der Waals surface area contributed by atoms with Crippen LogP contribution < -0.4 is 9.62 Å². The van der Waals surface area contributed by atoms with E-state index in [-0.39, 0.29) is 43.6 Å². The Morgan fingerprint density at radius 1 is 1.07 bits per heavy atom. The average molecular weight is 637 g/mol. The Morgan fingerprint density at radius 2 is 1.76 bits per heavy atom. The largest absolute Gasteiger partial charge is 0.416 e. The van der Waals surface area contributed by atoms with Crippen molar-refractivity contribution in [1.82, 2.24) is 10.2 Å². The monoisotopic (exact) mass is 635 g/mol. The first-order chi connectivity index (χ1) is 19.2. The fraction of sp³-hybridized carbons (Fsp3) is 0.500. The van der Waals surface area contributed by atoms with Crippen LogP contribution in [0.1, 0.15) is 63.0 Å². The van der Waals surface area contributed by atoms with Gasteiger partial charge in [-0.25, -0.2) is 8.42 Å². The first kappa shape index (κ1) is 33.0. The average Bonchev–Trinajstić information content (AvgIpc) is 2.89. The van der Waals surface area contributed by atoms with E-state index in [2.05, 4.69) is 5.32 Å². The summed E-state index contributed by atoms with van der Waals surface area (Å²) in [5, 5.41) is 3.76. The van der Waals surface area contributed by atoms with E-state index < -0.39 is 33.7 Å². The molecule has 0 saturated heterocycles. The maximum absolute atomic E-state index is 13.5. The van der Waals surface area contributed by atoms with Crippen molar-refractivity contribution in [2.45, 2.75) is 76.7 Å². The standard InChI is InChI=1S/C28H34Cl2F3N3O4S/c1-19(27(38)34-23-9-4-3-5-10-23)35(18-20-13-14-22(29)17-25(20)30)26(37)12-7-15-36(41(2,39)40)24-11-6-8-21(16-24)28(31,32)33/h6,8,11,13-14,16-17,19,23H,3-5,7,9-10,12,15,18H2,1-2H3,(H,34,38)/t19-/m1/s1. The van der Waals surface area contributed by atoms with Gasteiger partial charge in [-0.2, -0.15) is 13.2 Å². The molecule has 1 N–H and O–H groups in total. The molecule has 0 unspecified atom stereocenters. The normalized spacial score (nSPS) is 15.3. The number of hydrogen-bond donors (Lipinski definition) is 1. The molecule has 1 saturated carbocycles. The van der Waals surface area contributed by atoms with Gasteiger partial charge in [0.25, 0.3) is 0 Å². The van der Waals surface area contributed by atoms with Crippen molar-refractivity contribution in [1.29, 1.82) is 0 Å². The number of nitrogens with one attached hydrogen (secondary N) is 1. The molecule has 1 fully saturated rings. The Bertz CT molecular complexity index is 1340. The van der Waals surface area contributed by atoms with Gasteiger partial charge in [0.1, 0.15) is 6.04 Å². The van der Waals surface area contributed by atoms with Crippen molar-refractivity contribution >= 4 is 50.7 Å². The molecule has 0 heterocycles. The Labute approximate surface area is 249 Å². The van der Waals surface area contributed by atoms with Crippen LogP contribution in [-0.4, -0.2) is 50.0 Å². The van der Waals surface area contributed by atoms with Gasteiger partial charge in [-0.15, -0.1) is 0 Å². The molecule has 1 aliphatic rings. The molecule has 7 nitrogen and oxygen atoms in total. The van der Waals surface area contributed by atoms with Gasteiger partial charge in [-0.3, -0.25) is 13.9 Å². The Morgan fingerprint density at radius 3 is 2.37 bits per heavy atom. The predicted octanol–water partition coefficient (Wildman–Crippen LogP) is 6.42. The van der Waals surface area contributed by atoms with Gasteiger partial charge in [0.15, 0.2) is 0 Å². The van der Waals surface area contributed by atoms with E-state index in [4.69, 9.17) is 23.2 Å². The Kier molecular flexibility index (Phi) is 11.4. The maximum Gasteiger partial charge on any atom is 0.416 e. The molecule has 0 aliphatic heterocycles. The van der Waals surface area contributed by atoms with Gasteiger partial charge in [0.05, 0.1) is 17.5 Å². The minimum Gasteiger partial charge on any atom is -0.352 e. The lowest BCUT2D eigenvalue weighted by Gasteiger charge is -2.32. The summed E-state index contributed by atoms with van der Waals surface area (Å²) < 4.78 is 65.5. The molecule has 0 aromatic heterocycles.